The van der Waals surface area contributed by atoms with Crippen molar-refractivity contribution in [1.29, 1.82) is 0 Å². The van der Waals surface area contributed by atoms with Crippen molar-refractivity contribution >= 4 is 17.7 Å². The largest absolute Gasteiger partial charge is 0.443 e. The fourth-order valence-electron chi connectivity index (χ4n) is 2.34. The van der Waals surface area contributed by atoms with Crippen LogP contribution in [0, 0.1) is 5.82 Å². The van der Waals surface area contributed by atoms with Crippen LogP contribution in [0.15, 0.2) is 18.2 Å². The molecular weight excluding hydrogens is 318 g/mol. The highest BCUT2D eigenvalue weighted by atomic mass is 19.4. The molecule has 1 aliphatic heterocycles. The Morgan fingerprint density at radius 2 is 1.78 bits per heavy atom. The van der Waals surface area contributed by atoms with Crippen molar-refractivity contribution in [1.82, 2.24) is 0 Å². The van der Waals surface area contributed by atoms with Gasteiger partial charge in [0, 0.05) is 5.56 Å². The standard InChI is InChI=1S/C15H15F4NO3/c1-13(2,3)23-12(22)20-10-8(6-5-7-9(10)16)14(4,11(20)21)15(17,18)19/h5-7H,1-4H3. The molecule has 1 aromatic rings. The van der Waals surface area contributed by atoms with Gasteiger partial charge in [-0.25, -0.2) is 14.1 Å². The van der Waals surface area contributed by atoms with Crippen LogP contribution in [0.5, 0.6) is 0 Å². The monoisotopic (exact) mass is 333 g/mol. The summed E-state index contributed by atoms with van der Waals surface area (Å²) >= 11 is 0. The average molecular weight is 333 g/mol. The van der Waals surface area contributed by atoms with Gasteiger partial charge in [-0.3, -0.25) is 4.79 Å². The van der Waals surface area contributed by atoms with Gasteiger partial charge in [0.05, 0.1) is 5.69 Å². The van der Waals surface area contributed by atoms with Crippen LogP contribution in [0.4, 0.5) is 28.0 Å². The van der Waals surface area contributed by atoms with Crippen molar-refractivity contribution < 1.29 is 31.9 Å². The number of halogens is 4. The van der Waals surface area contributed by atoms with Gasteiger partial charge in [-0.15, -0.1) is 0 Å². The second-order valence-corrected chi connectivity index (χ2v) is 6.38. The molecule has 0 bridgehead atoms. The predicted molar refractivity (Wildman–Crippen MR) is 73.5 cm³/mol. The second-order valence-electron chi connectivity index (χ2n) is 6.38. The Labute approximate surface area is 130 Å². The number of alkyl halides is 3. The minimum Gasteiger partial charge on any atom is -0.443 e. The number of amides is 2. The summed E-state index contributed by atoms with van der Waals surface area (Å²) in [6.07, 6.45) is -6.34. The molecule has 2 rings (SSSR count). The third-order valence-electron chi connectivity index (χ3n) is 3.52. The van der Waals surface area contributed by atoms with Crippen molar-refractivity contribution in [3.63, 3.8) is 0 Å². The van der Waals surface area contributed by atoms with Gasteiger partial charge < -0.3 is 4.74 Å². The van der Waals surface area contributed by atoms with Crippen LogP contribution < -0.4 is 4.90 Å². The summed E-state index contributed by atoms with van der Waals surface area (Å²) in [6, 6.07) is 2.92. The van der Waals surface area contributed by atoms with E-state index in [0.29, 0.717) is 6.92 Å². The first-order valence-corrected chi connectivity index (χ1v) is 6.74. The van der Waals surface area contributed by atoms with Gasteiger partial charge in [-0.1, -0.05) is 12.1 Å². The predicted octanol–water partition coefficient (Wildman–Crippen LogP) is 3.93. The summed E-state index contributed by atoms with van der Waals surface area (Å²) in [4.78, 5) is 24.6. The Hall–Kier alpha value is -2.12. The zero-order valence-corrected chi connectivity index (χ0v) is 12.9. The Bertz CT molecular complexity index is 678. The molecule has 0 spiro atoms. The molecule has 0 saturated carbocycles. The fourth-order valence-corrected chi connectivity index (χ4v) is 2.34. The quantitative estimate of drug-likeness (QED) is 0.676. The minimum absolute atomic E-state index is 0.128. The van der Waals surface area contributed by atoms with E-state index in [2.05, 4.69) is 0 Å². The normalized spacial score (nSPS) is 21.4. The van der Waals surface area contributed by atoms with E-state index >= 15 is 0 Å². The molecule has 1 unspecified atom stereocenters. The Morgan fingerprint density at radius 1 is 1.22 bits per heavy atom. The lowest BCUT2D eigenvalue weighted by Crippen LogP contribution is -2.50. The van der Waals surface area contributed by atoms with E-state index in [9.17, 15) is 27.2 Å². The van der Waals surface area contributed by atoms with E-state index in [0.717, 1.165) is 18.2 Å². The van der Waals surface area contributed by atoms with Crippen LogP contribution >= 0.6 is 0 Å². The van der Waals surface area contributed by atoms with Gasteiger partial charge in [-0.05, 0) is 33.8 Å². The number of hydrogen-bond acceptors (Lipinski definition) is 3. The van der Waals surface area contributed by atoms with Crippen molar-refractivity contribution in [2.75, 3.05) is 4.90 Å². The molecule has 0 aliphatic carbocycles. The lowest BCUT2D eigenvalue weighted by molar-refractivity contribution is -0.187. The van der Waals surface area contributed by atoms with Gasteiger partial charge >= 0.3 is 12.3 Å². The van der Waals surface area contributed by atoms with Crippen molar-refractivity contribution in [2.24, 2.45) is 0 Å². The molecule has 1 aliphatic rings. The van der Waals surface area contributed by atoms with Crippen LogP contribution in [-0.2, 0) is 14.9 Å². The van der Waals surface area contributed by atoms with Gasteiger partial charge in [0.15, 0.2) is 5.41 Å². The molecule has 2 amide bonds. The molecule has 0 fully saturated rings. The SMILES string of the molecule is CC(C)(C)OC(=O)N1C(=O)C(C)(C(F)(F)F)c2cccc(F)c21. The number of anilines is 1. The van der Waals surface area contributed by atoms with E-state index in [-0.39, 0.29) is 4.90 Å². The minimum atomic E-state index is -5.00. The summed E-state index contributed by atoms with van der Waals surface area (Å²) < 4.78 is 59.4. The van der Waals surface area contributed by atoms with Crippen molar-refractivity contribution in [2.45, 2.75) is 44.9 Å². The summed E-state index contributed by atoms with van der Waals surface area (Å²) in [7, 11) is 0. The number of imide groups is 1. The fraction of sp³-hybridized carbons (Fsp3) is 0.467. The third-order valence-corrected chi connectivity index (χ3v) is 3.52. The molecule has 1 atom stereocenters. The molecule has 0 N–H and O–H groups in total. The number of para-hydroxylation sites is 1. The maximum Gasteiger partial charge on any atom is 0.421 e. The number of benzene rings is 1. The molecule has 0 aromatic heterocycles. The number of ether oxygens (including phenoxy) is 1. The number of hydrogen-bond donors (Lipinski definition) is 0. The van der Waals surface area contributed by atoms with Gasteiger partial charge in [0.25, 0.3) is 5.91 Å². The topological polar surface area (TPSA) is 46.6 Å². The van der Waals surface area contributed by atoms with Crippen molar-refractivity contribution in [3.05, 3.63) is 29.6 Å². The third kappa shape index (κ3) is 2.55. The zero-order chi connectivity index (χ0) is 17.8. The molecular formula is C15H15F4NO3. The highest BCUT2D eigenvalue weighted by Gasteiger charge is 2.66. The highest BCUT2D eigenvalue weighted by molar-refractivity contribution is 6.21. The van der Waals surface area contributed by atoms with Crippen LogP contribution in [0.25, 0.3) is 0 Å². The van der Waals surface area contributed by atoms with Gasteiger partial charge in [0.1, 0.15) is 11.4 Å². The first-order valence-electron chi connectivity index (χ1n) is 6.74. The molecule has 23 heavy (non-hydrogen) atoms. The number of rotatable bonds is 0. The average Bonchev–Trinajstić information content (AvgIpc) is 2.59. The summed E-state index contributed by atoms with van der Waals surface area (Å²) in [5.41, 5.74) is -5.39. The Kier molecular flexibility index (Phi) is 3.70. The van der Waals surface area contributed by atoms with E-state index in [1.54, 1.807) is 0 Å². The first-order chi connectivity index (χ1) is 10.3. The van der Waals surface area contributed by atoms with E-state index < -0.39 is 46.3 Å². The summed E-state index contributed by atoms with van der Waals surface area (Å²) in [5.74, 6) is -2.69. The molecule has 8 heteroatoms. The maximum absolute atomic E-state index is 14.1. The molecule has 126 valence electrons. The van der Waals surface area contributed by atoms with Crippen molar-refractivity contribution in [3.8, 4) is 0 Å². The lowest BCUT2D eigenvalue weighted by Gasteiger charge is -2.27. The molecule has 0 saturated heterocycles. The van der Waals surface area contributed by atoms with Crippen LogP contribution in [0.2, 0.25) is 0 Å². The molecule has 0 radical (unpaired) electrons. The van der Waals surface area contributed by atoms with Crippen LogP contribution in [0.1, 0.15) is 33.3 Å². The van der Waals surface area contributed by atoms with E-state index in [4.69, 9.17) is 4.74 Å². The Balaban J connectivity index is 2.65. The smallest absolute Gasteiger partial charge is 0.421 e. The van der Waals surface area contributed by atoms with E-state index in [1.165, 1.54) is 20.8 Å². The molecule has 1 heterocycles. The summed E-state index contributed by atoms with van der Waals surface area (Å²) in [6.45, 7) is 5.07. The van der Waals surface area contributed by atoms with E-state index in [1.807, 2.05) is 0 Å². The number of carbonyl (C=O) groups excluding carboxylic acids is 2. The highest BCUT2D eigenvalue weighted by Crippen LogP contribution is 2.51. The zero-order valence-electron chi connectivity index (χ0n) is 12.9. The van der Waals surface area contributed by atoms with Gasteiger partial charge in [0.2, 0.25) is 0 Å². The lowest BCUT2D eigenvalue weighted by atomic mass is 9.83. The Morgan fingerprint density at radius 3 is 2.26 bits per heavy atom. The number of carbonyl (C=O) groups is 2. The van der Waals surface area contributed by atoms with Crippen LogP contribution in [-0.4, -0.2) is 23.8 Å². The summed E-state index contributed by atoms with van der Waals surface area (Å²) in [5, 5.41) is 0. The second kappa shape index (κ2) is 4.94. The molecule has 1 aromatic carbocycles. The maximum atomic E-state index is 14.1. The van der Waals surface area contributed by atoms with Gasteiger partial charge in [-0.2, -0.15) is 13.2 Å². The molecule has 4 nitrogen and oxygen atoms in total. The first kappa shape index (κ1) is 17.2. The number of fused-ring (bicyclic) bond motifs is 1. The number of nitrogens with zero attached hydrogens (tertiary/aromatic N) is 1. The van der Waals surface area contributed by atoms with Crippen LogP contribution in [0.3, 0.4) is 0 Å².